The van der Waals surface area contributed by atoms with E-state index in [0.29, 0.717) is 43.0 Å². The Kier molecular flexibility index (Phi) is 8.82. The maximum atomic E-state index is 14.4. The van der Waals surface area contributed by atoms with Crippen LogP contribution in [0, 0.1) is 5.92 Å². The van der Waals surface area contributed by atoms with Gasteiger partial charge in [-0.2, -0.15) is 13.2 Å². The van der Waals surface area contributed by atoms with Gasteiger partial charge >= 0.3 is 11.9 Å². The van der Waals surface area contributed by atoms with Gasteiger partial charge < -0.3 is 4.74 Å². The Morgan fingerprint density at radius 1 is 1.02 bits per heavy atom. The van der Waals surface area contributed by atoms with Crippen LogP contribution in [0.2, 0.25) is 0 Å². The van der Waals surface area contributed by atoms with Crippen LogP contribution in [0.25, 0.3) is 11.2 Å². The molecular formula is C35H47F3N6O2. The zero-order chi connectivity index (χ0) is 32.1. The Balaban J connectivity index is 1.17. The van der Waals surface area contributed by atoms with Crippen LogP contribution in [0.5, 0.6) is 0 Å². The molecule has 46 heavy (non-hydrogen) atoms. The molecule has 250 valence electrons. The number of nitrogens with zero attached hydrogens (tertiary/aromatic N) is 5. The predicted octanol–water partition coefficient (Wildman–Crippen LogP) is 5.76. The summed E-state index contributed by atoms with van der Waals surface area (Å²) in [4.78, 5) is 18.3. The first kappa shape index (κ1) is 31.9. The molecule has 1 N–H and O–H groups in total. The summed E-state index contributed by atoms with van der Waals surface area (Å²) in [5, 5.41) is 2.42. The molecule has 7 rings (SSSR count). The van der Waals surface area contributed by atoms with Gasteiger partial charge in [0.1, 0.15) is 0 Å². The van der Waals surface area contributed by atoms with Crippen molar-refractivity contribution in [3.8, 4) is 5.69 Å². The summed E-state index contributed by atoms with van der Waals surface area (Å²) in [6, 6.07) is 9.49. The fourth-order valence-electron chi connectivity index (χ4n) is 8.20. The van der Waals surface area contributed by atoms with Crippen molar-refractivity contribution in [2.45, 2.75) is 95.1 Å². The second-order valence-electron chi connectivity index (χ2n) is 14.5. The molecule has 8 nitrogen and oxygen atoms in total. The number of hydrogen-bond donors (Lipinski definition) is 1. The van der Waals surface area contributed by atoms with E-state index in [-0.39, 0.29) is 17.1 Å². The van der Waals surface area contributed by atoms with E-state index in [2.05, 4.69) is 40.3 Å². The van der Waals surface area contributed by atoms with Crippen LogP contribution in [0.3, 0.4) is 0 Å². The Morgan fingerprint density at radius 3 is 2.50 bits per heavy atom. The van der Waals surface area contributed by atoms with Gasteiger partial charge in [-0.25, -0.2) is 15.2 Å². The molecule has 1 aromatic carbocycles. The van der Waals surface area contributed by atoms with Crippen LogP contribution >= 0.6 is 0 Å². The zero-order valence-corrected chi connectivity index (χ0v) is 27.1. The smallest absolute Gasteiger partial charge is 0.379 e. The van der Waals surface area contributed by atoms with E-state index in [0.717, 1.165) is 44.6 Å². The lowest BCUT2D eigenvalue weighted by atomic mass is 9.74. The predicted molar refractivity (Wildman–Crippen MR) is 172 cm³/mol. The standard InChI is InChI=1S/C35H47F3N6O2/c1-25-9-8-14-41(18-25)19-26-15-30(35(36,37)38)31-21-42(33(45)43(31)20-26)29-13-7-10-27(16-29)34(22-46-23-34)17-32-39-44(24-40(32)2)28-11-5-3-4-6-12-28/h7,10,13,15-16,20-21,25,28,32,39H,3-6,8-9,11-12,14,17-19,22-24H2,1-2H3/t25-,32?/m0/s1. The summed E-state index contributed by atoms with van der Waals surface area (Å²) in [6.45, 7) is 6.26. The molecule has 1 unspecified atom stereocenters. The molecule has 0 radical (unpaired) electrons. The van der Waals surface area contributed by atoms with Crippen molar-refractivity contribution in [3.05, 3.63) is 69.9 Å². The Morgan fingerprint density at radius 2 is 1.80 bits per heavy atom. The first-order valence-corrected chi connectivity index (χ1v) is 17.1. The van der Waals surface area contributed by atoms with Gasteiger partial charge in [0.25, 0.3) is 0 Å². The number of alkyl halides is 3. The lowest BCUT2D eigenvalue weighted by Gasteiger charge is -2.44. The molecule has 4 aliphatic rings. The summed E-state index contributed by atoms with van der Waals surface area (Å²) in [5.41, 5.74) is 4.24. The molecule has 0 amide bonds. The number of halogens is 3. The van der Waals surface area contributed by atoms with Gasteiger partial charge in [-0.3, -0.25) is 18.8 Å². The van der Waals surface area contributed by atoms with Gasteiger partial charge in [0.15, 0.2) is 0 Å². The van der Waals surface area contributed by atoms with Crippen molar-refractivity contribution in [2.24, 2.45) is 5.92 Å². The highest BCUT2D eigenvalue weighted by Gasteiger charge is 2.45. The van der Waals surface area contributed by atoms with E-state index in [9.17, 15) is 18.0 Å². The fourth-order valence-corrected chi connectivity index (χ4v) is 8.20. The third-order valence-corrected chi connectivity index (χ3v) is 10.8. The molecule has 0 spiro atoms. The minimum Gasteiger partial charge on any atom is -0.379 e. The van der Waals surface area contributed by atoms with E-state index in [1.165, 1.54) is 59.8 Å². The Labute approximate surface area is 269 Å². The molecule has 4 fully saturated rings. The number of hydrogen-bond acceptors (Lipinski definition) is 6. The minimum atomic E-state index is -4.59. The second kappa shape index (κ2) is 12.7. The first-order chi connectivity index (χ1) is 22.1. The molecule has 0 bridgehead atoms. The number of rotatable bonds is 7. The van der Waals surface area contributed by atoms with E-state index in [1.807, 2.05) is 12.1 Å². The number of benzene rings is 1. The number of fused-ring (bicyclic) bond motifs is 1. The van der Waals surface area contributed by atoms with Crippen molar-refractivity contribution in [2.75, 3.05) is 40.0 Å². The number of aromatic nitrogens is 2. The number of hydrazine groups is 1. The maximum Gasteiger partial charge on any atom is 0.418 e. The largest absolute Gasteiger partial charge is 0.418 e. The highest BCUT2D eigenvalue weighted by molar-refractivity contribution is 5.58. The molecule has 2 atom stereocenters. The summed E-state index contributed by atoms with van der Waals surface area (Å²) >= 11 is 0. The maximum absolute atomic E-state index is 14.4. The van der Waals surface area contributed by atoms with Crippen LogP contribution in [-0.2, 0) is 22.9 Å². The monoisotopic (exact) mass is 640 g/mol. The van der Waals surface area contributed by atoms with Crippen molar-refractivity contribution in [1.82, 2.24) is 29.2 Å². The molecule has 2 aromatic heterocycles. The molecule has 11 heteroatoms. The number of ether oxygens (including phenoxy) is 1. The van der Waals surface area contributed by atoms with E-state index in [4.69, 9.17) is 4.74 Å². The van der Waals surface area contributed by atoms with Gasteiger partial charge in [-0.15, -0.1) is 0 Å². The number of imidazole rings is 1. The zero-order valence-electron chi connectivity index (χ0n) is 27.1. The minimum absolute atomic E-state index is 0.129. The summed E-state index contributed by atoms with van der Waals surface area (Å²) < 4.78 is 51.5. The summed E-state index contributed by atoms with van der Waals surface area (Å²) in [7, 11) is 2.16. The number of nitrogens with one attached hydrogen (secondary N) is 1. The van der Waals surface area contributed by atoms with E-state index >= 15 is 0 Å². The highest BCUT2D eigenvalue weighted by atomic mass is 19.4. The SMILES string of the molecule is C[C@H]1CCCN(Cc2cc(C(F)(F)F)c3cn(-c4cccc(C5(CC6NN(C7CCCCCC7)CN6C)COC5)c4)c(=O)n3c2)C1. The van der Waals surface area contributed by atoms with E-state index < -0.39 is 17.4 Å². The average Bonchev–Trinajstić information content (AvgIpc) is 3.38. The van der Waals surface area contributed by atoms with Gasteiger partial charge in [-0.05, 0) is 80.9 Å². The molecule has 3 aromatic rings. The molecule has 3 aliphatic heterocycles. The molecule has 5 heterocycles. The van der Waals surface area contributed by atoms with E-state index in [1.54, 1.807) is 12.3 Å². The van der Waals surface area contributed by atoms with Crippen LogP contribution in [0.15, 0.2) is 47.5 Å². The number of pyridine rings is 1. The van der Waals surface area contributed by atoms with Gasteiger partial charge in [0.2, 0.25) is 0 Å². The topological polar surface area (TPSA) is 57.4 Å². The first-order valence-electron chi connectivity index (χ1n) is 17.1. The van der Waals surface area contributed by atoms with Crippen LogP contribution in [0.4, 0.5) is 13.2 Å². The quantitative estimate of drug-likeness (QED) is 0.332. The third kappa shape index (κ3) is 6.29. The lowest BCUT2D eigenvalue weighted by molar-refractivity contribution is -0.136. The normalized spacial score (nSPS) is 25.6. The third-order valence-electron chi connectivity index (χ3n) is 10.8. The van der Waals surface area contributed by atoms with Crippen molar-refractivity contribution >= 4 is 5.52 Å². The molecule has 3 saturated heterocycles. The summed E-state index contributed by atoms with van der Waals surface area (Å²) in [5.74, 6) is 0.505. The Bertz CT molecular complexity index is 1590. The van der Waals surface area contributed by atoms with Crippen LogP contribution < -0.4 is 11.1 Å². The second-order valence-corrected chi connectivity index (χ2v) is 14.5. The van der Waals surface area contributed by atoms with Gasteiger partial charge in [-0.1, -0.05) is 44.7 Å². The average molecular weight is 641 g/mol. The number of piperidine rings is 1. The van der Waals surface area contributed by atoms with Crippen molar-refractivity contribution in [1.29, 1.82) is 0 Å². The molecule has 1 aliphatic carbocycles. The van der Waals surface area contributed by atoms with Crippen LogP contribution in [-0.4, -0.2) is 76.0 Å². The number of likely N-dealkylation sites (tertiary alicyclic amines) is 1. The van der Waals surface area contributed by atoms with Crippen molar-refractivity contribution < 1.29 is 17.9 Å². The molecule has 1 saturated carbocycles. The van der Waals surface area contributed by atoms with Crippen molar-refractivity contribution in [3.63, 3.8) is 0 Å². The fraction of sp³-hybridized carbons (Fsp3) is 0.629. The highest BCUT2D eigenvalue weighted by Crippen LogP contribution is 2.40. The molecular weight excluding hydrogens is 593 g/mol. The Hall–Kier alpha value is -2.70. The lowest BCUT2D eigenvalue weighted by Crippen LogP contribution is -2.53. The van der Waals surface area contributed by atoms with Crippen LogP contribution in [0.1, 0.15) is 81.4 Å². The van der Waals surface area contributed by atoms with Gasteiger partial charge in [0.05, 0.1) is 42.8 Å². The summed E-state index contributed by atoms with van der Waals surface area (Å²) in [6.07, 6.45) is 9.12. The van der Waals surface area contributed by atoms with Gasteiger partial charge in [0, 0.05) is 36.9 Å².